The van der Waals surface area contributed by atoms with E-state index in [1.165, 1.54) is 18.3 Å². The third kappa shape index (κ3) is 3.96. The maximum Gasteiger partial charge on any atom is 0.144 e. The van der Waals surface area contributed by atoms with Crippen molar-refractivity contribution in [2.45, 2.75) is 19.4 Å². The summed E-state index contributed by atoms with van der Waals surface area (Å²) in [6, 6.07) is 6.60. The van der Waals surface area contributed by atoms with Gasteiger partial charge in [0, 0.05) is 6.04 Å². The predicted molar refractivity (Wildman–Crippen MR) is 81.1 cm³/mol. The third-order valence-electron chi connectivity index (χ3n) is 2.75. The zero-order valence-corrected chi connectivity index (χ0v) is 11.8. The number of benzene rings is 1. The number of aromatic nitrogens is 2. The molecule has 0 saturated heterocycles. The van der Waals surface area contributed by atoms with Gasteiger partial charge in [0.2, 0.25) is 0 Å². The van der Waals surface area contributed by atoms with E-state index in [1.54, 1.807) is 18.3 Å². The van der Waals surface area contributed by atoms with E-state index in [-0.39, 0.29) is 16.8 Å². The monoisotopic (exact) mass is 290 g/mol. The quantitative estimate of drug-likeness (QED) is 0.827. The molecular formula is C14H15FN4S. The molecule has 1 aromatic carbocycles. The van der Waals surface area contributed by atoms with Crippen LogP contribution in [0.4, 0.5) is 10.2 Å². The molecule has 6 heteroatoms. The van der Waals surface area contributed by atoms with Gasteiger partial charge in [-0.1, -0.05) is 24.4 Å². The first kappa shape index (κ1) is 14.3. The second-order valence-corrected chi connectivity index (χ2v) is 4.97. The Morgan fingerprint density at radius 3 is 2.55 bits per heavy atom. The van der Waals surface area contributed by atoms with Crippen LogP contribution in [0.15, 0.2) is 36.7 Å². The molecule has 1 unspecified atom stereocenters. The van der Waals surface area contributed by atoms with Gasteiger partial charge in [-0.25, -0.2) is 14.4 Å². The van der Waals surface area contributed by atoms with Crippen LogP contribution in [0.25, 0.3) is 0 Å². The smallest absolute Gasteiger partial charge is 0.144 e. The summed E-state index contributed by atoms with van der Waals surface area (Å²) in [6.07, 6.45) is 3.89. The Morgan fingerprint density at radius 1 is 1.30 bits per heavy atom. The molecule has 0 aliphatic rings. The molecule has 2 aromatic rings. The van der Waals surface area contributed by atoms with Crippen LogP contribution >= 0.6 is 12.2 Å². The summed E-state index contributed by atoms with van der Waals surface area (Å²) in [5.41, 5.74) is 7.01. The maximum atomic E-state index is 12.8. The van der Waals surface area contributed by atoms with Gasteiger partial charge in [0.05, 0.1) is 12.4 Å². The lowest BCUT2D eigenvalue weighted by Crippen LogP contribution is -2.19. The van der Waals surface area contributed by atoms with Gasteiger partial charge < -0.3 is 11.1 Å². The second-order valence-electron chi connectivity index (χ2n) is 4.53. The molecule has 0 radical (unpaired) electrons. The van der Waals surface area contributed by atoms with E-state index >= 15 is 0 Å². The van der Waals surface area contributed by atoms with Gasteiger partial charge in [0.25, 0.3) is 0 Å². The average Bonchev–Trinajstić information content (AvgIpc) is 2.42. The fourth-order valence-electron chi connectivity index (χ4n) is 1.81. The van der Waals surface area contributed by atoms with Crippen molar-refractivity contribution in [3.05, 3.63) is 53.7 Å². The molecule has 0 saturated carbocycles. The number of halogens is 1. The molecule has 1 atom stereocenters. The highest BCUT2D eigenvalue weighted by Crippen LogP contribution is 2.09. The minimum atomic E-state index is -0.228. The van der Waals surface area contributed by atoms with Gasteiger partial charge in [-0.2, -0.15) is 0 Å². The number of thiocarbonyl (C=S) groups is 1. The van der Waals surface area contributed by atoms with E-state index in [1.807, 2.05) is 6.92 Å². The number of nitrogens with two attached hydrogens (primary N) is 1. The van der Waals surface area contributed by atoms with Crippen LogP contribution in [0.5, 0.6) is 0 Å². The van der Waals surface area contributed by atoms with Gasteiger partial charge in [-0.05, 0) is 31.0 Å². The SMILES string of the molecule is CC(Cc1ccc(F)cc1)Nc1cnc(C(N)=S)cn1. The highest BCUT2D eigenvalue weighted by atomic mass is 32.1. The number of hydrogen-bond acceptors (Lipinski definition) is 4. The molecule has 0 spiro atoms. The van der Waals surface area contributed by atoms with Gasteiger partial charge >= 0.3 is 0 Å². The lowest BCUT2D eigenvalue weighted by atomic mass is 10.1. The normalized spacial score (nSPS) is 11.9. The Hall–Kier alpha value is -2.08. The number of hydrogen-bond donors (Lipinski definition) is 2. The highest BCUT2D eigenvalue weighted by molar-refractivity contribution is 7.80. The minimum Gasteiger partial charge on any atom is -0.388 e. The summed E-state index contributed by atoms with van der Waals surface area (Å²) in [4.78, 5) is 8.53. The van der Waals surface area contributed by atoms with Crippen molar-refractivity contribution < 1.29 is 4.39 Å². The fraction of sp³-hybridized carbons (Fsp3) is 0.214. The molecule has 104 valence electrons. The summed E-state index contributed by atoms with van der Waals surface area (Å²) < 4.78 is 12.8. The van der Waals surface area contributed by atoms with E-state index in [0.717, 1.165) is 12.0 Å². The van der Waals surface area contributed by atoms with Gasteiger partial charge in [-0.3, -0.25) is 0 Å². The number of rotatable bonds is 5. The lowest BCUT2D eigenvalue weighted by Gasteiger charge is -2.14. The van der Waals surface area contributed by atoms with Gasteiger partial charge in [0.1, 0.15) is 22.3 Å². The summed E-state index contributed by atoms with van der Waals surface area (Å²) in [6.45, 7) is 2.02. The van der Waals surface area contributed by atoms with Gasteiger partial charge in [-0.15, -0.1) is 0 Å². The van der Waals surface area contributed by atoms with E-state index in [9.17, 15) is 4.39 Å². The topological polar surface area (TPSA) is 63.8 Å². The fourth-order valence-corrected chi connectivity index (χ4v) is 1.91. The Labute approximate surface area is 122 Å². The average molecular weight is 290 g/mol. The molecule has 0 aliphatic carbocycles. The number of anilines is 1. The predicted octanol–water partition coefficient (Wildman–Crippen LogP) is 2.29. The van der Waals surface area contributed by atoms with Crippen molar-refractivity contribution in [2.24, 2.45) is 5.73 Å². The van der Waals surface area contributed by atoms with Crippen molar-refractivity contribution in [1.29, 1.82) is 0 Å². The van der Waals surface area contributed by atoms with Crippen LogP contribution in [0, 0.1) is 5.82 Å². The van der Waals surface area contributed by atoms with E-state index in [4.69, 9.17) is 18.0 Å². The summed E-state index contributed by atoms with van der Waals surface area (Å²) >= 11 is 4.81. The van der Waals surface area contributed by atoms with E-state index in [2.05, 4.69) is 15.3 Å². The summed E-state index contributed by atoms with van der Waals surface area (Å²) in [7, 11) is 0. The molecule has 1 aromatic heterocycles. The molecule has 20 heavy (non-hydrogen) atoms. The number of nitrogens with one attached hydrogen (secondary N) is 1. The second kappa shape index (κ2) is 6.38. The maximum absolute atomic E-state index is 12.8. The van der Waals surface area contributed by atoms with Crippen molar-refractivity contribution >= 4 is 23.0 Å². The first-order chi connectivity index (χ1) is 9.54. The standard InChI is InChI=1S/C14H15FN4S/c1-9(6-10-2-4-11(15)5-3-10)19-13-8-17-12(7-18-13)14(16)20/h2-5,7-9H,6H2,1H3,(H2,16,20)(H,18,19). The van der Waals surface area contributed by atoms with Crippen LogP contribution < -0.4 is 11.1 Å². The summed E-state index contributed by atoms with van der Waals surface area (Å²) in [5.74, 6) is 0.424. The molecular weight excluding hydrogens is 275 g/mol. The number of nitrogens with zero attached hydrogens (tertiary/aromatic N) is 2. The summed E-state index contributed by atoms with van der Waals surface area (Å²) in [5, 5.41) is 3.22. The van der Waals surface area contributed by atoms with Crippen molar-refractivity contribution in [1.82, 2.24) is 9.97 Å². The molecule has 0 fully saturated rings. The van der Waals surface area contributed by atoms with E-state index in [0.29, 0.717) is 11.5 Å². The Bertz CT molecular complexity index is 583. The van der Waals surface area contributed by atoms with Crippen LogP contribution in [-0.4, -0.2) is 21.0 Å². The van der Waals surface area contributed by atoms with E-state index < -0.39 is 0 Å². The van der Waals surface area contributed by atoms with Gasteiger partial charge in [0.15, 0.2) is 0 Å². The minimum absolute atomic E-state index is 0.144. The Morgan fingerprint density at radius 2 is 2.00 bits per heavy atom. The Kier molecular flexibility index (Phi) is 4.57. The molecule has 4 nitrogen and oxygen atoms in total. The molecule has 2 rings (SSSR count). The first-order valence-electron chi connectivity index (χ1n) is 6.17. The molecule has 3 N–H and O–H groups in total. The zero-order valence-electron chi connectivity index (χ0n) is 11.0. The van der Waals surface area contributed by atoms with Crippen molar-refractivity contribution in [2.75, 3.05) is 5.32 Å². The lowest BCUT2D eigenvalue weighted by molar-refractivity contribution is 0.626. The van der Waals surface area contributed by atoms with Crippen LogP contribution in [0.1, 0.15) is 18.2 Å². The van der Waals surface area contributed by atoms with Crippen LogP contribution in [0.2, 0.25) is 0 Å². The molecule has 0 bridgehead atoms. The van der Waals surface area contributed by atoms with Crippen molar-refractivity contribution in [3.63, 3.8) is 0 Å². The van der Waals surface area contributed by atoms with Crippen molar-refractivity contribution in [3.8, 4) is 0 Å². The molecule has 0 aliphatic heterocycles. The first-order valence-corrected chi connectivity index (χ1v) is 6.58. The molecule has 1 heterocycles. The molecule has 0 amide bonds. The third-order valence-corrected chi connectivity index (χ3v) is 2.96. The largest absolute Gasteiger partial charge is 0.388 e. The van der Waals surface area contributed by atoms with Crippen LogP contribution in [-0.2, 0) is 6.42 Å². The zero-order chi connectivity index (χ0) is 14.5. The van der Waals surface area contributed by atoms with Crippen LogP contribution in [0.3, 0.4) is 0 Å². The Balaban J connectivity index is 1.95. The highest BCUT2D eigenvalue weighted by Gasteiger charge is 2.06.